The number of cyclic esters (lactones) is 1. The fourth-order valence-corrected chi connectivity index (χ4v) is 2.08. The summed E-state index contributed by atoms with van der Waals surface area (Å²) < 4.78 is 20.7. The van der Waals surface area contributed by atoms with Crippen molar-refractivity contribution < 1.29 is 23.7 Å². The van der Waals surface area contributed by atoms with Gasteiger partial charge in [-0.3, -0.25) is 0 Å². The fraction of sp³-hybridized carbons (Fsp3) is 0.462. The summed E-state index contributed by atoms with van der Waals surface area (Å²) in [7, 11) is 4.70. The number of rotatable bonds is 4. The van der Waals surface area contributed by atoms with E-state index >= 15 is 0 Å². The highest BCUT2D eigenvalue weighted by molar-refractivity contribution is 5.69. The molecule has 104 valence electrons. The lowest BCUT2D eigenvalue weighted by atomic mass is 10.0. The van der Waals surface area contributed by atoms with Gasteiger partial charge in [-0.25, -0.2) is 4.79 Å². The van der Waals surface area contributed by atoms with Crippen molar-refractivity contribution in [2.24, 2.45) is 0 Å². The summed E-state index contributed by atoms with van der Waals surface area (Å²) in [4.78, 5) is 11.3. The molecule has 6 heteroatoms. The lowest BCUT2D eigenvalue weighted by Crippen LogP contribution is -2.35. The van der Waals surface area contributed by atoms with Gasteiger partial charge in [-0.1, -0.05) is 0 Å². The Balaban J connectivity index is 2.39. The molecular formula is C13H17NO5. The van der Waals surface area contributed by atoms with Crippen molar-refractivity contribution in [2.45, 2.75) is 12.5 Å². The maximum Gasteiger partial charge on any atom is 0.407 e. The third-order valence-electron chi connectivity index (χ3n) is 3.04. The standard InChI is InChI=1S/C13H17NO5/c1-16-10-7-12(18-3)11(17-2)6-8(10)9-4-5-19-13(15)14-9/h6-7,9H,4-5H2,1-3H3,(H,14,15)/t9-/m0/s1. The minimum absolute atomic E-state index is 0.156. The summed E-state index contributed by atoms with van der Waals surface area (Å²) in [5, 5.41) is 2.76. The van der Waals surface area contributed by atoms with Gasteiger partial charge >= 0.3 is 6.09 Å². The molecule has 0 saturated carbocycles. The van der Waals surface area contributed by atoms with Crippen LogP contribution in [0.4, 0.5) is 4.79 Å². The van der Waals surface area contributed by atoms with Gasteiger partial charge in [-0.2, -0.15) is 0 Å². The molecule has 0 spiro atoms. The summed E-state index contributed by atoms with van der Waals surface area (Å²) in [5.74, 6) is 1.82. The van der Waals surface area contributed by atoms with Crippen molar-refractivity contribution in [1.29, 1.82) is 0 Å². The van der Waals surface area contributed by atoms with E-state index in [0.717, 1.165) is 5.56 Å². The Morgan fingerprint density at radius 2 is 1.74 bits per heavy atom. The van der Waals surface area contributed by atoms with E-state index in [0.29, 0.717) is 30.3 Å². The predicted molar refractivity (Wildman–Crippen MR) is 67.9 cm³/mol. The number of hydrogen-bond donors (Lipinski definition) is 1. The van der Waals surface area contributed by atoms with Crippen LogP contribution in [0.15, 0.2) is 12.1 Å². The molecule has 1 fully saturated rings. The second kappa shape index (κ2) is 5.69. The van der Waals surface area contributed by atoms with Crippen LogP contribution in [0.5, 0.6) is 17.2 Å². The number of benzene rings is 1. The molecule has 0 radical (unpaired) electrons. The Hall–Kier alpha value is -2.11. The predicted octanol–water partition coefficient (Wildman–Crippen LogP) is 1.88. The zero-order chi connectivity index (χ0) is 13.8. The highest BCUT2D eigenvalue weighted by Gasteiger charge is 2.25. The zero-order valence-corrected chi connectivity index (χ0v) is 11.2. The number of carbonyl (C=O) groups is 1. The Bertz CT molecular complexity index is 474. The molecule has 1 amide bonds. The Morgan fingerprint density at radius 3 is 2.32 bits per heavy atom. The highest BCUT2D eigenvalue weighted by atomic mass is 16.6. The van der Waals surface area contributed by atoms with Crippen LogP contribution in [-0.4, -0.2) is 34.0 Å². The molecule has 0 bridgehead atoms. The van der Waals surface area contributed by atoms with Crippen molar-refractivity contribution in [2.75, 3.05) is 27.9 Å². The van der Waals surface area contributed by atoms with Crippen LogP contribution in [0, 0.1) is 0 Å². The highest BCUT2D eigenvalue weighted by Crippen LogP contribution is 2.38. The number of methoxy groups -OCH3 is 3. The first-order valence-corrected chi connectivity index (χ1v) is 5.92. The Kier molecular flexibility index (Phi) is 3.99. The first-order valence-electron chi connectivity index (χ1n) is 5.92. The molecule has 1 atom stereocenters. The minimum atomic E-state index is -0.423. The van der Waals surface area contributed by atoms with Gasteiger partial charge in [-0.05, 0) is 6.07 Å². The number of nitrogens with one attached hydrogen (secondary N) is 1. The summed E-state index contributed by atoms with van der Waals surface area (Å²) in [6.07, 6.45) is 0.255. The second-order valence-corrected chi connectivity index (χ2v) is 4.07. The van der Waals surface area contributed by atoms with Gasteiger partial charge in [0.2, 0.25) is 0 Å². The van der Waals surface area contributed by atoms with Crippen LogP contribution in [0.1, 0.15) is 18.0 Å². The van der Waals surface area contributed by atoms with Gasteiger partial charge in [-0.15, -0.1) is 0 Å². The second-order valence-electron chi connectivity index (χ2n) is 4.07. The monoisotopic (exact) mass is 267 g/mol. The van der Waals surface area contributed by atoms with E-state index in [1.54, 1.807) is 27.4 Å². The number of alkyl carbamates (subject to hydrolysis) is 1. The number of amides is 1. The molecule has 1 N–H and O–H groups in total. The van der Waals surface area contributed by atoms with E-state index in [9.17, 15) is 4.79 Å². The zero-order valence-electron chi connectivity index (χ0n) is 11.2. The lowest BCUT2D eigenvalue weighted by Gasteiger charge is -2.25. The molecule has 0 aromatic heterocycles. The third kappa shape index (κ3) is 2.67. The smallest absolute Gasteiger partial charge is 0.407 e. The van der Waals surface area contributed by atoms with Crippen LogP contribution in [0.3, 0.4) is 0 Å². The van der Waals surface area contributed by atoms with Crippen LogP contribution < -0.4 is 19.5 Å². The minimum Gasteiger partial charge on any atom is -0.496 e. The van der Waals surface area contributed by atoms with E-state index in [2.05, 4.69) is 5.32 Å². The van der Waals surface area contributed by atoms with Gasteiger partial charge in [0.05, 0.1) is 34.0 Å². The van der Waals surface area contributed by atoms with Gasteiger partial charge < -0.3 is 24.3 Å². The maximum absolute atomic E-state index is 11.3. The first kappa shape index (κ1) is 13.3. The summed E-state index contributed by atoms with van der Waals surface area (Å²) in [6, 6.07) is 3.40. The van der Waals surface area contributed by atoms with Crippen LogP contribution in [-0.2, 0) is 4.74 Å². The summed E-state index contributed by atoms with van der Waals surface area (Å²) in [5.41, 5.74) is 0.844. The van der Waals surface area contributed by atoms with Gasteiger partial charge in [0.1, 0.15) is 5.75 Å². The summed E-state index contributed by atoms with van der Waals surface area (Å²) in [6.45, 7) is 0.383. The largest absolute Gasteiger partial charge is 0.496 e. The van der Waals surface area contributed by atoms with Crippen LogP contribution in [0.25, 0.3) is 0 Å². The van der Waals surface area contributed by atoms with Gasteiger partial charge in [0, 0.05) is 18.1 Å². The molecule has 6 nitrogen and oxygen atoms in total. The molecule has 1 aromatic carbocycles. The molecule has 1 aromatic rings. The number of ether oxygens (including phenoxy) is 4. The quantitative estimate of drug-likeness (QED) is 0.902. The average molecular weight is 267 g/mol. The first-order chi connectivity index (χ1) is 9.19. The van der Waals surface area contributed by atoms with E-state index in [1.807, 2.05) is 6.07 Å². The molecule has 19 heavy (non-hydrogen) atoms. The molecule has 1 saturated heterocycles. The Labute approximate surface area is 111 Å². The third-order valence-corrected chi connectivity index (χ3v) is 3.04. The van der Waals surface area contributed by atoms with Gasteiger partial charge in [0.25, 0.3) is 0 Å². The van der Waals surface area contributed by atoms with E-state index in [-0.39, 0.29) is 6.04 Å². The molecule has 0 aliphatic carbocycles. The average Bonchev–Trinajstić information content (AvgIpc) is 2.45. The van der Waals surface area contributed by atoms with Crippen molar-refractivity contribution in [3.63, 3.8) is 0 Å². The van der Waals surface area contributed by atoms with Crippen LogP contribution in [0.2, 0.25) is 0 Å². The lowest BCUT2D eigenvalue weighted by molar-refractivity contribution is 0.115. The molecule has 1 aliphatic heterocycles. The van der Waals surface area contributed by atoms with Crippen molar-refractivity contribution in [3.8, 4) is 17.2 Å². The normalized spacial score (nSPS) is 18.3. The SMILES string of the molecule is COc1cc(OC)c([C@@H]2CCOC(=O)N2)cc1OC. The van der Waals surface area contributed by atoms with Crippen LogP contribution >= 0.6 is 0 Å². The number of hydrogen-bond acceptors (Lipinski definition) is 5. The van der Waals surface area contributed by atoms with E-state index in [1.165, 1.54) is 0 Å². The Morgan fingerprint density at radius 1 is 1.11 bits per heavy atom. The van der Waals surface area contributed by atoms with Crippen molar-refractivity contribution in [1.82, 2.24) is 5.32 Å². The van der Waals surface area contributed by atoms with E-state index in [4.69, 9.17) is 18.9 Å². The van der Waals surface area contributed by atoms with E-state index < -0.39 is 6.09 Å². The molecule has 0 unspecified atom stereocenters. The summed E-state index contributed by atoms with van der Waals surface area (Å²) >= 11 is 0. The van der Waals surface area contributed by atoms with Crippen molar-refractivity contribution >= 4 is 6.09 Å². The van der Waals surface area contributed by atoms with Gasteiger partial charge in [0.15, 0.2) is 11.5 Å². The molecular weight excluding hydrogens is 250 g/mol. The number of carbonyl (C=O) groups excluding carboxylic acids is 1. The topological polar surface area (TPSA) is 66.0 Å². The molecule has 1 heterocycles. The fourth-order valence-electron chi connectivity index (χ4n) is 2.08. The molecule has 2 rings (SSSR count). The maximum atomic E-state index is 11.3. The molecule has 1 aliphatic rings. The van der Waals surface area contributed by atoms with Crippen molar-refractivity contribution in [3.05, 3.63) is 17.7 Å².